The van der Waals surface area contributed by atoms with Crippen LogP contribution in [0.15, 0.2) is 0 Å². The molecule has 0 aliphatic heterocycles. The molecule has 0 aromatic rings. The second-order valence-corrected chi connectivity index (χ2v) is 5.86. The molecule has 0 rings (SSSR count). The van der Waals surface area contributed by atoms with Crippen LogP contribution in [-0.2, 0) is 19.1 Å². The van der Waals surface area contributed by atoms with Crippen LogP contribution in [0.1, 0.15) is 59.3 Å². The summed E-state index contributed by atoms with van der Waals surface area (Å²) >= 11 is 0. The molecule has 5 heteroatoms. The Hall–Kier alpha value is -0.780. The van der Waals surface area contributed by atoms with Gasteiger partial charge >= 0.3 is 0 Å². The molecule has 0 heterocycles. The third-order valence-corrected chi connectivity index (χ3v) is 3.73. The molecule has 136 valence electrons. The van der Waals surface area contributed by atoms with E-state index < -0.39 is 0 Å². The lowest BCUT2D eigenvalue weighted by atomic mass is 10.1. The summed E-state index contributed by atoms with van der Waals surface area (Å²) in [7, 11) is 0. The molecule has 0 spiro atoms. The highest BCUT2D eigenvalue weighted by atomic mass is 16.5. The van der Waals surface area contributed by atoms with E-state index in [2.05, 4.69) is 18.7 Å². The maximum atomic E-state index is 11.6. The Labute approximate surface area is 141 Å². The van der Waals surface area contributed by atoms with Gasteiger partial charge in [0.1, 0.15) is 11.6 Å². The quantitative estimate of drug-likeness (QED) is 0.384. The van der Waals surface area contributed by atoms with Crippen LogP contribution in [0.25, 0.3) is 0 Å². The number of Topliss-reactive ketones (excluding diaryl/α,β-unsaturated/α-hetero) is 2. The number of likely N-dealkylation sites (N-methyl/N-ethyl adjacent to an activating group) is 1. The van der Waals surface area contributed by atoms with Crippen LogP contribution in [0.5, 0.6) is 0 Å². The molecular weight excluding hydrogens is 294 g/mol. The zero-order valence-electron chi connectivity index (χ0n) is 15.3. The van der Waals surface area contributed by atoms with Crippen molar-refractivity contribution in [3.8, 4) is 0 Å². The van der Waals surface area contributed by atoms with Crippen molar-refractivity contribution in [2.24, 2.45) is 0 Å². The SMILES string of the molecule is CCCCCC(=O)CCOCCN(CC)CCOCCC(C)=O. The summed E-state index contributed by atoms with van der Waals surface area (Å²) in [5.41, 5.74) is 0. The minimum atomic E-state index is 0.162. The number of unbranched alkanes of at least 4 members (excludes halogenated alkanes) is 2. The van der Waals surface area contributed by atoms with E-state index in [1.54, 1.807) is 6.92 Å². The predicted molar refractivity (Wildman–Crippen MR) is 92.8 cm³/mol. The lowest BCUT2D eigenvalue weighted by Gasteiger charge is -2.20. The maximum Gasteiger partial charge on any atom is 0.135 e. The largest absolute Gasteiger partial charge is 0.380 e. The van der Waals surface area contributed by atoms with Gasteiger partial charge in [-0.05, 0) is 19.9 Å². The summed E-state index contributed by atoms with van der Waals surface area (Å²) < 4.78 is 11.0. The van der Waals surface area contributed by atoms with Crippen molar-refractivity contribution in [3.63, 3.8) is 0 Å². The lowest BCUT2D eigenvalue weighted by molar-refractivity contribution is -0.120. The van der Waals surface area contributed by atoms with E-state index in [9.17, 15) is 9.59 Å². The summed E-state index contributed by atoms with van der Waals surface area (Å²) in [6.45, 7) is 10.8. The van der Waals surface area contributed by atoms with Gasteiger partial charge in [0, 0.05) is 32.4 Å². The molecule has 0 saturated heterocycles. The van der Waals surface area contributed by atoms with E-state index in [0.29, 0.717) is 51.5 Å². The highest BCUT2D eigenvalue weighted by Crippen LogP contribution is 2.02. The number of rotatable bonds is 17. The number of ketones is 2. The monoisotopic (exact) mass is 329 g/mol. The molecule has 0 amide bonds. The summed E-state index contributed by atoms with van der Waals surface area (Å²) in [4.78, 5) is 24.6. The average molecular weight is 329 g/mol. The standard InChI is InChI=1S/C18H35NO4/c1-4-6-7-8-18(21)10-14-23-16-12-19(5-2)11-15-22-13-9-17(3)20/h4-16H2,1-3H3. The smallest absolute Gasteiger partial charge is 0.135 e. The Kier molecular flexibility index (Phi) is 15.5. The van der Waals surface area contributed by atoms with E-state index in [-0.39, 0.29) is 5.78 Å². The van der Waals surface area contributed by atoms with E-state index in [1.807, 2.05) is 0 Å². The second-order valence-electron chi connectivity index (χ2n) is 5.86. The van der Waals surface area contributed by atoms with E-state index in [4.69, 9.17) is 9.47 Å². The van der Waals surface area contributed by atoms with Crippen LogP contribution in [0.2, 0.25) is 0 Å². The number of carbonyl (C=O) groups is 2. The van der Waals surface area contributed by atoms with Crippen LogP contribution in [0.4, 0.5) is 0 Å². The molecule has 0 aromatic carbocycles. The van der Waals surface area contributed by atoms with Crippen LogP contribution in [0.3, 0.4) is 0 Å². The van der Waals surface area contributed by atoms with Gasteiger partial charge in [0.05, 0.1) is 26.4 Å². The predicted octanol–water partition coefficient (Wildman–Crippen LogP) is 2.86. The van der Waals surface area contributed by atoms with Gasteiger partial charge in [0.15, 0.2) is 0 Å². The zero-order valence-corrected chi connectivity index (χ0v) is 15.3. The van der Waals surface area contributed by atoms with E-state index in [1.165, 1.54) is 0 Å². The summed E-state index contributed by atoms with van der Waals surface area (Å²) in [5.74, 6) is 0.472. The molecule has 0 bridgehead atoms. The fourth-order valence-corrected chi connectivity index (χ4v) is 2.12. The van der Waals surface area contributed by atoms with Crippen molar-refractivity contribution in [1.82, 2.24) is 4.90 Å². The molecule has 0 saturated carbocycles. The molecule has 23 heavy (non-hydrogen) atoms. The summed E-state index contributed by atoms with van der Waals surface area (Å²) in [5, 5.41) is 0. The first-order valence-corrected chi connectivity index (χ1v) is 8.99. The van der Waals surface area contributed by atoms with Crippen molar-refractivity contribution in [2.75, 3.05) is 46.1 Å². The van der Waals surface area contributed by atoms with Gasteiger partial charge in [-0.15, -0.1) is 0 Å². The lowest BCUT2D eigenvalue weighted by Crippen LogP contribution is -2.31. The Morgan fingerprint density at radius 2 is 1.43 bits per heavy atom. The molecular formula is C18H35NO4. The molecule has 0 N–H and O–H groups in total. The van der Waals surface area contributed by atoms with Crippen LogP contribution in [0, 0.1) is 0 Å². The fraction of sp³-hybridized carbons (Fsp3) is 0.889. The topological polar surface area (TPSA) is 55.8 Å². The molecule has 0 aliphatic carbocycles. The van der Waals surface area contributed by atoms with Gasteiger partial charge in [0.2, 0.25) is 0 Å². The van der Waals surface area contributed by atoms with Crippen LogP contribution in [-0.4, -0.2) is 62.5 Å². The second kappa shape index (κ2) is 16.1. The molecule has 0 radical (unpaired) electrons. The van der Waals surface area contributed by atoms with Crippen LogP contribution >= 0.6 is 0 Å². The molecule has 0 unspecified atom stereocenters. The van der Waals surface area contributed by atoms with Gasteiger partial charge in [-0.25, -0.2) is 0 Å². The third kappa shape index (κ3) is 15.9. The molecule has 5 nitrogen and oxygen atoms in total. The van der Waals surface area contributed by atoms with Gasteiger partial charge in [-0.1, -0.05) is 26.7 Å². The third-order valence-electron chi connectivity index (χ3n) is 3.73. The maximum absolute atomic E-state index is 11.6. The first-order chi connectivity index (χ1) is 11.1. The van der Waals surface area contributed by atoms with Crippen LogP contribution < -0.4 is 0 Å². The molecule has 0 fully saturated rings. The number of carbonyl (C=O) groups excluding carboxylic acids is 2. The van der Waals surface area contributed by atoms with Crippen molar-refractivity contribution < 1.29 is 19.1 Å². The highest BCUT2D eigenvalue weighted by molar-refractivity contribution is 5.78. The minimum absolute atomic E-state index is 0.162. The number of ether oxygens (including phenoxy) is 2. The zero-order chi connectivity index (χ0) is 17.3. The molecule has 0 atom stereocenters. The van der Waals surface area contributed by atoms with Gasteiger partial charge in [-0.3, -0.25) is 14.5 Å². The van der Waals surface area contributed by atoms with Crippen molar-refractivity contribution >= 4 is 11.6 Å². The Morgan fingerprint density at radius 1 is 0.826 bits per heavy atom. The number of hydrogen-bond acceptors (Lipinski definition) is 5. The Balaban J connectivity index is 3.49. The summed E-state index contributed by atoms with van der Waals surface area (Å²) in [6.07, 6.45) is 4.99. The number of nitrogens with zero attached hydrogens (tertiary/aromatic N) is 1. The van der Waals surface area contributed by atoms with Crippen molar-refractivity contribution in [1.29, 1.82) is 0 Å². The van der Waals surface area contributed by atoms with Gasteiger partial charge < -0.3 is 9.47 Å². The van der Waals surface area contributed by atoms with Gasteiger partial charge in [0.25, 0.3) is 0 Å². The normalized spacial score (nSPS) is 11.1. The minimum Gasteiger partial charge on any atom is -0.380 e. The highest BCUT2D eigenvalue weighted by Gasteiger charge is 2.04. The Morgan fingerprint density at radius 3 is 1.96 bits per heavy atom. The van der Waals surface area contributed by atoms with Gasteiger partial charge in [-0.2, -0.15) is 0 Å². The van der Waals surface area contributed by atoms with E-state index >= 15 is 0 Å². The fourth-order valence-electron chi connectivity index (χ4n) is 2.12. The van der Waals surface area contributed by atoms with E-state index in [0.717, 1.165) is 38.9 Å². The average Bonchev–Trinajstić information content (AvgIpc) is 2.52. The van der Waals surface area contributed by atoms with Crippen molar-refractivity contribution in [2.45, 2.75) is 59.3 Å². The first kappa shape index (κ1) is 22.2. The molecule has 0 aliphatic rings. The summed E-state index contributed by atoms with van der Waals surface area (Å²) in [6, 6.07) is 0. The number of hydrogen-bond donors (Lipinski definition) is 0. The first-order valence-electron chi connectivity index (χ1n) is 8.99. The Bertz CT molecular complexity index is 307. The molecule has 0 aromatic heterocycles. The van der Waals surface area contributed by atoms with Crippen molar-refractivity contribution in [3.05, 3.63) is 0 Å².